The van der Waals surface area contributed by atoms with E-state index < -0.39 is 0 Å². The number of hydrogen-bond acceptors (Lipinski definition) is 3. The summed E-state index contributed by atoms with van der Waals surface area (Å²) in [4.78, 5) is 20.7. The maximum absolute atomic E-state index is 12.3. The van der Waals surface area contributed by atoms with Crippen molar-refractivity contribution in [3.05, 3.63) is 29.0 Å². The molecule has 1 aliphatic heterocycles. The van der Waals surface area contributed by atoms with E-state index in [1.54, 1.807) is 18.3 Å². The maximum atomic E-state index is 12.3. The van der Waals surface area contributed by atoms with Gasteiger partial charge in [0.15, 0.2) is 0 Å². The molecule has 0 atom stereocenters. The number of carbonyl (C=O) groups is 1. The van der Waals surface area contributed by atoms with E-state index in [1.165, 1.54) is 19.4 Å². The summed E-state index contributed by atoms with van der Waals surface area (Å²) in [7, 11) is 0. The summed E-state index contributed by atoms with van der Waals surface area (Å²) in [5.74, 6) is 0.916. The van der Waals surface area contributed by atoms with Crippen LogP contribution in [0.15, 0.2) is 18.3 Å². The number of halogens is 1. The Morgan fingerprint density at radius 3 is 2.68 bits per heavy atom. The third-order valence-electron chi connectivity index (χ3n) is 3.86. The van der Waals surface area contributed by atoms with E-state index in [0.717, 1.165) is 32.1 Å². The predicted octanol–water partition coefficient (Wildman–Crippen LogP) is 1.90. The van der Waals surface area contributed by atoms with E-state index >= 15 is 0 Å². The molecule has 3 rings (SSSR count). The summed E-state index contributed by atoms with van der Waals surface area (Å²) < 4.78 is 0. The van der Waals surface area contributed by atoms with Crippen molar-refractivity contribution in [1.29, 1.82) is 0 Å². The zero-order valence-electron chi connectivity index (χ0n) is 10.9. The molecule has 1 saturated heterocycles. The van der Waals surface area contributed by atoms with E-state index in [9.17, 15) is 4.79 Å². The molecule has 4 nitrogen and oxygen atoms in total. The van der Waals surface area contributed by atoms with Crippen LogP contribution in [0.5, 0.6) is 0 Å². The lowest BCUT2D eigenvalue weighted by Gasteiger charge is -2.34. The van der Waals surface area contributed by atoms with Crippen LogP contribution < -0.4 is 0 Å². The van der Waals surface area contributed by atoms with Crippen molar-refractivity contribution in [2.75, 3.05) is 32.7 Å². The van der Waals surface area contributed by atoms with Gasteiger partial charge in [0.2, 0.25) is 0 Å². The Balaban J connectivity index is 1.58. The van der Waals surface area contributed by atoms with Crippen LogP contribution in [0.1, 0.15) is 23.2 Å². The molecule has 1 amide bonds. The van der Waals surface area contributed by atoms with Gasteiger partial charge in [0, 0.05) is 38.9 Å². The first-order chi connectivity index (χ1) is 9.24. The standard InChI is InChI=1S/C14H18ClN3O/c15-13-12(2-1-5-16-13)14(19)18-8-6-17(7-9-18)10-11-3-4-11/h1-2,5,11H,3-4,6-10H2. The molecule has 5 heteroatoms. The molecule has 1 aromatic rings. The number of pyridine rings is 1. The molecule has 2 fully saturated rings. The second-order valence-corrected chi connectivity index (χ2v) is 5.74. The Hall–Kier alpha value is -1.13. The molecule has 0 radical (unpaired) electrons. The molecule has 19 heavy (non-hydrogen) atoms. The van der Waals surface area contributed by atoms with Crippen LogP contribution in [0.2, 0.25) is 5.15 Å². The van der Waals surface area contributed by atoms with E-state index in [-0.39, 0.29) is 5.91 Å². The van der Waals surface area contributed by atoms with Crippen molar-refractivity contribution < 1.29 is 4.79 Å². The van der Waals surface area contributed by atoms with Crippen LogP contribution in [0, 0.1) is 5.92 Å². The van der Waals surface area contributed by atoms with Gasteiger partial charge in [0.05, 0.1) is 5.56 Å². The highest BCUT2D eigenvalue weighted by atomic mass is 35.5. The fourth-order valence-corrected chi connectivity index (χ4v) is 2.72. The van der Waals surface area contributed by atoms with Crippen LogP contribution in [0.3, 0.4) is 0 Å². The minimum absolute atomic E-state index is 0.00386. The summed E-state index contributed by atoms with van der Waals surface area (Å²) in [6.07, 6.45) is 4.36. The first-order valence-electron chi connectivity index (χ1n) is 6.86. The fourth-order valence-electron chi connectivity index (χ4n) is 2.52. The molecule has 0 unspecified atom stereocenters. The molecule has 1 saturated carbocycles. The molecular weight excluding hydrogens is 262 g/mol. The van der Waals surface area contributed by atoms with Crippen molar-refractivity contribution in [2.45, 2.75) is 12.8 Å². The highest BCUT2D eigenvalue weighted by molar-refractivity contribution is 6.32. The van der Waals surface area contributed by atoms with Gasteiger partial charge in [0.25, 0.3) is 5.91 Å². The molecule has 1 aliphatic carbocycles. The third-order valence-corrected chi connectivity index (χ3v) is 4.16. The first kappa shape index (κ1) is 12.9. The number of rotatable bonds is 3. The van der Waals surface area contributed by atoms with Gasteiger partial charge < -0.3 is 4.90 Å². The molecule has 102 valence electrons. The minimum atomic E-state index is 0.00386. The molecule has 0 spiro atoms. The zero-order chi connectivity index (χ0) is 13.2. The first-order valence-corrected chi connectivity index (χ1v) is 7.24. The molecule has 0 N–H and O–H groups in total. The molecule has 2 aliphatic rings. The Morgan fingerprint density at radius 2 is 2.05 bits per heavy atom. The lowest BCUT2D eigenvalue weighted by molar-refractivity contribution is 0.0632. The van der Waals surface area contributed by atoms with E-state index in [2.05, 4.69) is 9.88 Å². The average Bonchev–Trinajstić information content (AvgIpc) is 3.23. The Kier molecular flexibility index (Phi) is 3.71. The Bertz CT molecular complexity index is 468. The molecule has 2 heterocycles. The monoisotopic (exact) mass is 279 g/mol. The van der Waals surface area contributed by atoms with Crippen molar-refractivity contribution in [3.63, 3.8) is 0 Å². The van der Waals surface area contributed by atoms with E-state index in [1.807, 2.05) is 4.90 Å². The Labute approximate surface area is 118 Å². The molecule has 0 bridgehead atoms. The SMILES string of the molecule is O=C(c1cccnc1Cl)N1CCN(CC2CC2)CC1. The van der Waals surface area contributed by atoms with Gasteiger partial charge in [-0.25, -0.2) is 4.98 Å². The van der Waals surface area contributed by atoms with Gasteiger partial charge in [0.1, 0.15) is 5.15 Å². The van der Waals surface area contributed by atoms with Crippen LogP contribution in [0.4, 0.5) is 0 Å². The second-order valence-electron chi connectivity index (χ2n) is 5.38. The summed E-state index contributed by atoms with van der Waals surface area (Å²) in [5.41, 5.74) is 0.514. The van der Waals surface area contributed by atoms with Crippen LogP contribution >= 0.6 is 11.6 Å². The number of piperazine rings is 1. The van der Waals surface area contributed by atoms with Crippen molar-refractivity contribution >= 4 is 17.5 Å². The number of amides is 1. The summed E-state index contributed by atoms with van der Waals surface area (Å²) >= 11 is 5.98. The topological polar surface area (TPSA) is 36.4 Å². The smallest absolute Gasteiger partial charge is 0.257 e. The minimum Gasteiger partial charge on any atom is -0.336 e. The van der Waals surface area contributed by atoms with E-state index in [0.29, 0.717) is 10.7 Å². The van der Waals surface area contributed by atoms with Crippen LogP contribution in [0.25, 0.3) is 0 Å². The molecule has 1 aromatic heterocycles. The highest BCUT2D eigenvalue weighted by Crippen LogP contribution is 2.30. The zero-order valence-corrected chi connectivity index (χ0v) is 11.6. The van der Waals surface area contributed by atoms with Crippen molar-refractivity contribution in [2.24, 2.45) is 5.92 Å². The van der Waals surface area contributed by atoms with Gasteiger partial charge in [-0.1, -0.05) is 11.6 Å². The highest BCUT2D eigenvalue weighted by Gasteiger charge is 2.28. The van der Waals surface area contributed by atoms with Gasteiger partial charge in [-0.2, -0.15) is 0 Å². The summed E-state index contributed by atoms with van der Waals surface area (Å²) in [5, 5.41) is 0.299. The number of hydrogen-bond donors (Lipinski definition) is 0. The average molecular weight is 280 g/mol. The van der Waals surface area contributed by atoms with Crippen molar-refractivity contribution in [1.82, 2.24) is 14.8 Å². The van der Waals surface area contributed by atoms with Crippen LogP contribution in [-0.4, -0.2) is 53.4 Å². The van der Waals surface area contributed by atoms with Gasteiger partial charge in [-0.15, -0.1) is 0 Å². The van der Waals surface area contributed by atoms with Crippen LogP contribution in [-0.2, 0) is 0 Å². The largest absolute Gasteiger partial charge is 0.336 e. The quantitative estimate of drug-likeness (QED) is 0.793. The van der Waals surface area contributed by atoms with Crippen molar-refractivity contribution in [3.8, 4) is 0 Å². The van der Waals surface area contributed by atoms with Gasteiger partial charge in [-0.05, 0) is 30.9 Å². The molecule has 0 aromatic carbocycles. The fraction of sp³-hybridized carbons (Fsp3) is 0.571. The normalized spacial score (nSPS) is 20.6. The second kappa shape index (κ2) is 5.47. The lowest BCUT2D eigenvalue weighted by Crippen LogP contribution is -2.49. The Morgan fingerprint density at radius 1 is 1.32 bits per heavy atom. The maximum Gasteiger partial charge on any atom is 0.257 e. The third kappa shape index (κ3) is 3.07. The number of aromatic nitrogens is 1. The predicted molar refractivity (Wildman–Crippen MR) is 74.3 cm³/mol. The van der Waals surface area contributed by atoms with Gasteiger partial charge >= 0.3 is 0 Å². The summed E-state index contributed by atoms with van der Waals surface area (Å²) in [6, 6.07) is 3.50. The lowest BCUT2D eigenvalue weighted by atomic mass is 10.2. The number of nitrogens with zero attached hydrogens (tertiary/aromatic N) is 3. The van der Waals surface area contributed by atoms with E-state index in [4.69, 9.17) is 11.6 Å². The molecular formula is C14H18ClN3O. The summed E-state index contributed by atoms with van der Waals surface area (Å²) in [6.45, 7) is 4.73. The van der Waals surface area contributed by atoms with Gasteiger partial charge in [-0.3, -0.25) is 9.69 Å². The number of carbonyl (C=O) groups excluding carboxylic acids is 1.